The number of esters is 1. The molecule has 0 radical (unpaired) electrons. The lowest BCUT2D eigenvalue weighted by Crippen LogP contribution is -2.56. The van der Waals surface area contributed by atoms with Gasteiger partial charge in [0.05, 0.1) is 12.8 Å². The number of nitrogens with one attached hydrogen (secondary N) is 3. The molecule has 0 saturated heterocycles. The molecule has 7 heteroatoms. The van der Waals surface area contributed by atoms with Gasteiger partial charge in [-0.15, -0.1) is 0 Å². The Hall–Kier alpha value is -3.61. The van der Waals surface area contributed by atoms with Crippen molar-refractivity contribution in [3.8, 4) is 0 Å². The highest BCUT2D eigenvalue weighted by molar-refractivity contribution is 6.03. The summed E-state index contributed by atoms with van der Waals surface area (Å²) in [4.78, 5) is 42.4. The Bertz CT molecular complexity index is 1200. The number of amides is 2. The summed E-state index contributed by atoms with van der Waals surface area (Å²) in [5.74, 6) is -1.43. The summed E-state index contributed by atoms with van der Waals surface area (Å²) in [6, 6.07) is 15.0. The molecule has 7 nitrogen and oxygen atoms in total. The third kappa shape index (κ3) is 6.25. The monoisotopic (exact) mass is 463 g/mol. The van der Waals surface area contributed by atoms with Crippen molar-refractivity contribution in [1.29, 1.82) is 0 Å². The lowest BCUT2D eigenvalue weighted by atomic mass is 9.95. The second kappa shape index (κ2) is 9.71. The van der Waals surface area contributed by atoms with Crippen LogP contribution in [-0.4, -0.2) is 33.9 Å². The Labute approximate surface area is 200 Å². The molecule has 34 heavy (non-hydrogen) atoms. The number of H-pyrrole nitrogens is 1. The zero-order valence-electron chi connectivity index (χ0n) is 20.7. The molecule has 1 heterocycles. The van der Waals surface area contributed by atoms with Gasteiger partial charge in [0.15, 0.2) is 0 Å². The molecule has 3 N–H and O–H groups in total. The average Bonchev–Trinajstić information content (AvgIpc) is 3.03. The molecular weight excluding hydrogens is 430 g/mol. The number of para-hydroxylation sites is 1. The second-order valence-corrected chi connectivity index (χ2v) is 9.91. The number of carbonyl (C=O) groups excluding carboxylic acids is 3. The van der Waals surface area contributed by atoms with E-state index in [1.807, 2.05) is 50.2 Å². The number of hydrogen-bond acceptors (Lipinski definition) is 4. The van der Waals surface area contributed by atoms with Gasteiger partial charge in [0.1, 0.15) is 11.1 Å². The fourth-order valence-corrected chi connectivity index (χ4v) is 3.83. The molecule has 3 rings (SSSR count). The van der Waals surface area contributed by atoms with Crippen molar-refractivity contribution in [1.82, 2.24) is 10.3 Å². The molecule has 1 atom stereocenters. The number of fused-ring (bicyclic) bond motifs is 1. The van der Waals surface area contributed by atoms with Crippen LogP contribution in [0.15, 0.2) is 48.5 Å². The largest absolute Gasteiger partial charge is 0.460 e. The SMILES string of the molecule is Cc1ccc(NC(=O)[C@@](C)(CC(=O)OC(C)(C)C)NC(=O)Cc2c(C)[nH]c3ccccc23)cc1. The van der Waals surface area contributed by atoms with Crippen LogP contribution in [0.4, 0.5) is 5.69 Å². The second-order valence-electron chi connectivity index (χ2n) is 9.91. The van der Waals surface area contributed by atoms with Gasteiger partial charge in [-0.3, -0.25) is 14.4 Å². The van der Waals surface area contributed by atoms with Crippen molar-refractivity contribution >= 4 is 34.4 Å². The minimum absolute atomic E-state index is 0.0670. The van der Waals surface area contributed by atoms with Crippen LogP contribution in [0.1, 0.15) is 50.9 Å². The normalized spacial score (nSPS) is 13.2. The molecule has 2 aromatic carbocycles. The van der Waals surface area contributed by atoms with E-state index in [1.54, 1.807) is 39.8 Å². The molecule has 0 aliphatic rings. The van der Waals surface area contributed by atoms with Gasteiger partial charge in [-0.05, 0) is 65.3 Å². The summed E-state index contributed by atoms with van der Waals surface area (Å²) >= 11 is 0. The quantitative estimate of drug-likeness (QED) is 0.447. The number of hydrogen-bond donors (Lipinski definition) is 3. The molecule has 0 unspecified atom stereocenters. The summed E-state index contributed by atoms with van der Waals surface area (Å²) < 4.78 is 5.44. The van der Waals surface area contributed by atoms with Crippen LogP contribution in [0.5, 0.6) is 0 Å². The number of rotatable bonds is 7. The predicted molar refractivity (Wildman–Crippen MR) is 134 cm³/mol. The van der Waals surface area contributed by atoms with E-state index in [1.165, 1.54) is 0 Å². The van der Waals surface area contributed by atoms with Gasteiger partial charge in [-0.2, -0.15) is 0 Å². The van der Waals surface area contributed by atoms with Crippen LogP contribution < -0.4 is 10.6 Å². The van der Waals surface area contributed by atoms with Gasteiger partial charge in [0.25, 0.3) is 0 Å². The van der Waals surface area contributed by atoms with Crippen LogP contribution in [0.25, 0.3) is 10.9 Å². The standard InChI is InChI=1S/C27H33N3O4/c1-17-11-13-19(14-12-17)29-25(33)27(6,16-24(32)34-26(3,4)5)30-23(31)15-21-18(2)28-22-10-8-7-9-20(21)22/h7-14,28H,15-16H2,1-6H3,(H,29,33)(H,30,31)/t27-/m1/s1. The highest BCUT2D eigenvalue weighted by Gasteiger charge is 2.39. The summed E-state index contributed by atoms with van der Waals surface area (Å²) in [6.07, 6.45) is -0.238. The number of aromatic amines is 1. The smallest absolute Gasteiger partial charge is 0.309 e. The lowest BCUT2D eigenvalue weighted by molar-refractivity contribution is -0.158. The zero-order valence-corrected chi connectivity index (χ0v) is 20.7. The van der Waals surface area contributed by atoms with Gasteiger partial charge in [0, 0.05) is 22.3 Å². The molecule has 0 aliphatic carbocycles. The van der Waals surface area contributed by atoms with Crippen LogP contribution >= 0.6 is 0 Å². The Morgan fingerprint density at radius 2 is 1.59 bits per heavy atom. The fourth-order valence-electron chi connectivity index (χ4n) is 3.83. The molecule has 0 bridgehead atoms. The molecule has 3 aromatic rings. The van der Waals surface area contributed by atoms with Crippen molar-refractivity contribution in [3.05, 3.63) is 65.4 Å². The first-order valence-electron chi connectivity index (χ1n) is 11.3. The van der Waals surface area contributed by atoms with E-state index in [2.05, 4.69) is 15.6 Å². The third-order valence-corrected chi connectivity index (χ3v) is 5.51. The maximum atomic E-state index is 13.3. The molecular formula is C27H33N3O4. The number of aromatic nitrogens is 1. The Morgan fingerprint density at radius 3 is 2.24 bits per heavy atom. The molecule has 2 amide bonds. The first-order chi connectivity index (χ1) is 15.9. The number of aryl methyl sites for hydroxylation is 2. The van der Waals surface area contributed by atoms with Crippen LogP contribution in [0, 0.1) is 13.8 Å². The Morgan fingerprint density at radius 1 is 0.941 bits per heavy atom. The molecule has 0 fully saturated rings. The summed E-state index contributed by atoms with van der Waals surface area (Å²) in [5.41, 5.74) is 2.09. The Kier molecular flexibility index (Phi) is 7.15. The molecule has 0 aliphatic heterocycles. The Balaban J connectivity index is 1.83. The van der Waals surface area contributed by atoms with Crippen molar-refractivity contribution in [2.24, 2.45) is 0 Å². The van der Waals surface area contributed by atoms with Crippen LogP contribution in [0.3, 0.4) is 0 Å². The molecule has 1 aromatic heterocycles. The zero-order chi connectivity index (χ0) is 25.1. The van der Waals surface area contributed by atoms with Gasteiger partial charge in [-0.25, -0.2) is 0 Å². The van der Waals surface area contributed by atoms with E-state index in [-0.39, 0.29) is 18.7 Å². The van der Waals surface area contributed by atoms with Gasteiger partial charge in [0.2, 0.25) is 11.8 Å². The van der Waals surface area contributed by atoms with E-state index in [0.29, 0.717) is 5.69 Å². The maximum absolute atomic E-state index is 13.3. The van der Waals surface area contributed by atoms with Crippen molar-refractivity contribution in [2.75, 3.05) is 5.32 Å². The number of ether oxygens (including phenoxy) is 1. The predicted octanol–water partition coefficient (Wildman–Crippen LogP) is 4.57. The third-order valence-electron chi connectivity index (χ3n) is 5.51. The maximum Gasteiger partial charge on any atom is 0.309 e. The number of carbonyl (C=O) groups is 3. The summed E-state index contributed by atoms with van der Waals surface area (Å²) in [7, 11) is 0. The minimum Gasteiger partial charge on any atom is -0.460 e. The van der Waals surface area contributed by atoms with Crippen LogP contribution in [0.2, 0.25) is 0 Å². The molecule has 0 spiro atoms. The van der Waals surface area contributed by atoms with E-state index in [4.69, 9.17) is 4.74 Å². The summed E-state index contributed by atoms with van der Waals surface area (Å²) in [5, 5.41) is 6.57. The van der Waals surface area contributed by atoms with Gasteiger partial charge >= 0.3 is 5.97 Å². The highest BCUT2D eigenvalue weighted by atomic mass is 16.6. The average molecular weight is 464 g/mol. The summed E-state index contributed by atoms with van der Waals surface area (Å²) in [6.45, 7) is 10.7. The van der Waals surface area contributed by atoms with Crippen molar-refractivity contribution in [2.45, 2.75) is 65.5 Å². The number of anilines is 1. The highest BCUT2D eigenvalue weighted by Crippen LogP contribution is 2.24. The van der Waals surface area contributed by atoms with Crippen molar-refractivity contribution < 1.29 is 19.1 Å². The molecule has 0 saturated carbocycles. The van der Waals surface area contributed by atoms with E-state index >= 15 is 0 Å². The van der Waals surface area contributed by atoms with E-state index < -0.39 is 23.0 Å². The number of benzene rings is 2. The van der Waals surface area contributed by atoms with Gasteiger partial charge < -0.3 is 20.4 Å². The molecule has 180 valence electrons. The van der Waals surface area contributed by atoms with Gasteiger partial charge in [-0.1, -0.05) is 35.9 Å². The van der Waals surface area contributed by atoms with E-state index in [9.17, 15) is 14.4 Å². The van der Waals surface area contributed by atoms with Crippen molar-refractivity contribution in [3.63, 3.8) is 0 Å². The lowest BCUT2D eigenvalue weighted by Gasteiger charge is -2.30. The van der Waals surface area contributed by atoms with Crippen LogP contribution in [-0.2, 0) is 25.5 Å². The topological polar surface area (TPSA) is 100 Å². The minimum atomic E-state index is -1.51. The fraction of sp³-hybridized carbons (Fsp3) is 0.370. The first kappa shape index (κ1) is 25.0. The van der Waals surface area contributed by atoms with E-state index in [0.717, 1.165) is 27.7 Å². The first-order valence-corrected chi connectivity index (χ1v) is 11.3.